The Morgan fingerprint density at radius 2 is 1.87 bits per heavy atom. The van der Waals surface area contributed by atoms with Crippen molar-refractivity contribution in [3.05, 3.63) is 35.4 Å². The van der Waals surface area contributed by atoms with E-state index in [0.29, 0.717) is 18.9 Å². The van der Waals surface area contributed by atoms with E-state index in [1.54, 1.807) is 0 Å². The second kappa shape index (κ2) is 6.95. The van der Waals surface area contributed by atoms with Gasteiger partial charge in [0, 0.05) is 30.0 Å². The van der Waals surface area contributed by atoms with Crippen molar-refractivity contribution in [2.45, 2.75) is 50.5 Å². The van der Waals surface area contributed by atoms with Crippen molar-refractivity contribution in [1.82, 2.24) is 5.32 Å². The van der Waals surface area contributed by atoms with Crippen molar-refractivity contribution in [2.24, 2.45) is 17.6 Å². The maximum Gasteiger partial charge on any atom is 0.224 e. The van der Waals surface area contributed by atoms with E-state index in [0.717, 1.165) is 12.8 Å². The maximum absolute atomic E-state index is 13.8. The number of nitrogens with one attached hydrogen (secondary N) is 1. The van der Waals surface area contributed by atoms with Gasteiger partial charge < -0.3 is 11.1 Å². The minimum absolute atomic E-state index is 0.0190. The van der Waals surface area contributed by atoms with E-state index in [-0.39, 0.29) is 29.3 Å². The first-order chi connectivity index (χ1) is 11.1. The van der Waals surface area contributed by atoms with Crippen LogP contribution in [0, 0.1) is 23.5 Å². The van der Waals surface area contributed by atoms with Crippen molar-refractivity contribution in [2.75, 3.05) is 6.54 Å². The average molecular weight is 322 g/mol. The molecule has 3 atom stereocenters. The van der Waals surface area contributed by atoms with Gasteiger partial charge in [-0.05, 0) is 37.3 Å². The number of halogens is 2. The Hall–Kier alpha value is -1.49. The summed E-state index contributed by atoms with van der Waals surface area (Å²) < 4.78 is 27.6. The number of carbonyl (C=O) groups is 1. The Labute approximate surface area is 135 Å². The number of nitrogens with two attached hydrogens (primary N) is 1. The Morgan fingerprint density at radius 1 is 1.22 bits per heavy atom. The molecule has 3 unspecified atom stereocenters. The van der Waals surface area contributed by atoms with Gasteiger partial charge in [0.2, 0.25) is 5.91 Å². The molecule has 1 aromatic carbocycles. The summed E-state index contributed by atoms with van der Waals surface area (Å²) in [4.78, 5) is 12.4. The van der Waals surface area contributed by atoms with Gasteiger partial charge in [-0.1, -0.05) is 25.3 Å². The number of carbonyl (C=O) groups excluding carboxylic acids is 1. The van der Waals surface area contributed by atoms with Crippen LogP contribution in [-0.4, -0.2) is 18.5 Å². The fraction of sp³-hybridized carbons (Fsp3) is 0.611. The molecule has 0 aromatic heterocycles. The molecule has 0 aliphatic heterocycles. The van der Waals surface area contributed by atoms with Crippen LogP contribution in [0.1, 0.15) is 50.0 Å². The Balaban J connectivity index is 1.61. The highest BCUT2D eigenvalue weighted by Crippen LogP contribution is 2.49. The molecule has 2 aliphatic carbocycles. The van der Waals surface area contributed by atoms with Crippen LogP contribution in [-0.2, 0) is 4.79 Å². The van der Waals surface area contributed by atoms with E-state index in [1.165, 1.54) is 37.5 Å². The Bertz CT molecular complexity index is 552. The summed E-state index contributed by atoms with van der Waals surface area (Å²) in [5.74, 6) is -1.49. The normalized spacial score (nSPS) is 25.9. The molecule has 126 valence electrons. The van der Waals surface area contributed by atoms with Crippen LogP contribution in [0.5, 0.6) is 0 Å². The smallest absolute Gasteiger partial charge is 0.224 e. The number of hydrogen-bond acceptors (Lipinski definition) is 2. The van der Waals surface area contributed by atoms with E-state index in [1.807, 2.05) is 0 Å². The highest BCUT2D eigenvalue weighted by Gasteiger charge is 2.47. The molecular formula is C18H24F2N2O. The van der Waals surface area contributed by atoms with Crippen LogP contribution < -0.4 is 11.1 Å². The number of amides is 1. The molecule has 2 aliphatic rings. The molecule has 2 saturated carbocycles. The van der Waals surface area contributed by atoms with Crippen LogP contribution in [0.15, 0.2) is 18.2 Å². The maximum atomic E-state index is 13.8. The molecule has 3 rings (SSSR count). The van der Waals surface area contributed by atoms with E-state index in [2.05, 4.69) is 5.32 Å². The molecule has 0 bridgehead atoms. The topological polar surface area (TPSA) is 55.1 Å². The van der Waals surface area contributed by atoms with Crippen molar-refractivity contribution in [1.29, 1.82) is 0 Å². The minimum Gasteiger partial charge on any atom is -0.352 e. The van der Waals surface area contributed by atoms with Gasteiger partial charge in [0.1, 0.15) is 11.6 Å². The van der Waals surface area contributed by atoms with E-state index in [9.17, 15) is 13.6 Å². The largest absolute Gasteiger partial charge is 0.352 e. The highest BCUT2D eigenvalue weighted by atomic mass is 19.1. The zero-order valence-electron chi connectivity index (χ0n) is 13.2. The first kappa shape index (κ1) is 16.4. The molecule has 1 amide bonds. The van der Waals surface area contributed by atoms with Gasteiger partial charge in [0.25, 0.3) is 0 Å². The fourth-order valence-electron chi connectivity index (χ4n) is 3.86. The lowest BCUT2D eigenvalue weighted by molar-refractivity contribution is -0.123. The summed E-state index contributed by atoms with van der Waals surface area (Å²) >= 11 is 0. The van der Waals surface area contributed by atoms with Gasteiger partial charge in [-0.3, -0.25) is 4.79 Å². The molecule has 0 heterocycles. The zero-order chi connectivity index (χ0) is 16.4. The van der Waals surface area contributed by atoms with E-state index < -0.39 is 11.6 Å². The molecule has 3 N–H and O–H groups in total. The van der Waals surface area contributed by atoms with E-state index >= 15 is 0 Å². The monoisotopic (exact) mass is 322 g/mol. The van der Waals surface area contributed by atoms with Crippen LogP contribution in [0.4, 0.5) is 8.78 Å². The standard InChI is InChI=1S/C18H24F2N2O/c19-14-7-4-8-15(20)17(14)12-9-13(12)18(23)22-16(10-21)11-5-2-1-3-6-11/h4,7-8,11-13,16H,1-3,5-6,9-10,21H2,(H,22,23). The number of benzene rings is 1. The molecule has 5 heteroatoms. The van der Waals surface area contributed by atoms with Crippen LogP contribution in [0.3, 0.4) is 0 Å². The number of hydrogen-bond donors (Lipinski definition) is 2. The first-order valence-electron chi connectivity index (χ1n) is 8.56. The lowest BCUT2D eigenvalue weighted by Crippen LogP contribution is -2.46. The molecule has 2 fully saturated rings. The second-order valence-corrected chi connectivity index (χ2v) is 6.83. The molecule has 0 radical (unpaired) electrons. The lowest BCUT2D eigenvalue weighted by atomic mass is 9.84. The highest BCUT2D eigenvalue weighted by molar-refractivity contribution is 5.83. The van der Waals surface area contributed by atoms with Crippen molar-refractivity contribution >= 4 is 5.91 Å². The SMILES string of the molecule is NCC(NC(=O)C1CC1c1c(F)cccc1F)C1CCCCC1. The predicted octanol–water partition coefficient (Wildman–Crippen LogP) is 3.09. The third kappa shape index (κ3) is 3.55. The molecular weight excluding hydrogens is 298 g/mol. The molecule has 0 saturated heterocycles. The molecule has 23 heavy (non-hydrogen) atoms. The fourth-order valence-corrected chi connectivity index (χ4v) is 3.86. The second-order valence-electron chi connectivity index (χ2n) is 6.83. The van der Waals surface area contributed by atoms with Gasteiger partial charge in [0.15, 0.2) is 0 Å². The minimum atomic E-state index is -0.562. The lowest BCUT2D eigenvalue weighted by Gasteiger charge is -2.30. The Kier molecular flexibility index (Phi) is 4.95. The average Bonchev–Trinajstić information content (AvgIpc) is 3.33. The molecule has 0 spiro atoms. The third-order valence-corrected chi connectivity index (χ3v) is 5.30. The van der Waals surface area contributed by atoms with Crippen molar-refractivity contribution in [3.8, 4) is 0 Å². The van der Waals surface area contributed by atoms with Gasteiger partial charge in [0.05, 0.1) is 0 Å². The van der Waals surface area contributed by atoms with Crippen molar-refractivity contribution < 1.29 is 13.6 Å². The summed E-state index contributed by atoms with van der Waals surface area (Å²) in [7, 11) is 0. The summed E-state index contributed by atoms with van der Waals surface area (Å²) in [5, 5.41) is 3.03. The van der Waals surface area contributed by atoms with Crippen molar-refractivity contribution in [3.63, 3.8) is 0 Å². The summed E-state index contributed by atoms with van der Waals surface area (Å²) in [6, 6.07) is 3.82. The summed E-state index contributed by atoms with van der Waals surface area (Å²) in [6.07, 6.45) is 6.31. The quantitative estimate of drug-likeness (QED) is 0.875. The van der Waals surface area contributed by atoms with Gasteiger partial charge in [-0.15, -0.1) is 0 Å². The van der Waals surface area contributed by atoms with Crippen LogP contribution in [0.2, 0.25) is 0 Å². The van der Waals surface area contributed by atoms with Gasteiger partial charge in [-0.2, -0.15) is 0 Å². The Morgan fingerprint density at radius 3 is 2.48 bits per heavy atom. The number of rotatable bonds is 5. The van der Waals surface area contributed by atoms with Crippen LogP contribution >= 0.6 is 0 Å². The third-order valence-electron chi connectivity index (χ3n) is 5.30. The van der Waals surface area contributed by atoms with Gasteiger partial charge >= 0.3 is 0 Å². The summed E-state index contributed by atoms with van der Waals surface area (Å²) in [6.45, 7) is 0.419. The van der Waals surface area contributed by atoms with Gasteiger partial charge in [-0.25, -0.2) is 8.78 Å². The zero-order valence-corrected chi connectivity index (χ0v) is 13.2. The molecule has 1 aromatic rings. The molecule has 3 nitrogen and oxygen atoms in total. The summed E-state index contributed by atoms with van der Waals surface area (Å²) in [5.41, 5.74) is 5.88. The predicted molar refractivity (Wildman–Crippen MR) is 84.8 cm³/mol. The first-order valence-corrected chi connectivity index (χ1v) is 8.56. The van der Waals surface area contributed by atoms with E-state index in [4.69, 9.17) is 5.73 Å². The van der Waals surface area contributed by atoms with Crippen LogP contribution in [0.25, 0.3) is 0 Å².